The molecule has 0 saturated heterocycles. The van der Waals surface area contributed by atoms with Gasteiger partial charge in [0.2, 0.25) is 5.91 Å². The summed E-state index contributed by atoms with van der Waals surface area (Å²) in [5, 5.41) is 11.4. The molecule has 20 heavy (non-hydrogen) atoms. The summed E-state index contributed by atoms with van der Waals surface area (Å²) < 4.78 is 38.2. The van der Waals surface area contributed by atoms with E-state index in [1.54, 1.807) is 0 Å². The zero-order valence-electron chi connectivity index (χ0n) is 10.6. The molecule has 7 heteroatoms. The molecule has 0 unspecified atom stereocenters. The molecule has 1 amide bonds. The summed E-state index contributed by atoms with van der Waals surface area (Å²) >= 11 is 0. The molecule has 108 valence electrons. The molecule has 0 aliphatic heterocycles. The van der Waals surface area contributed by atoms with Crippen LogP contribution in [0, 0.1) is 11.3 Å². The molecule has 0 saturated carbocycles. The van der Waals surface area contributed by atoms with Gasteiger partial charge in [0.25, 0.3) is 0 Å². The molecule has 0 spiro atoms. The second kappa shape index (κ2) is 6.91. The number of nitrogens with zero attached hydrogens (tertiary/aromatic N) is 1. The van der Waals surface area contributed by atoms with E-state index >= 15 is 0 Å². The maximum absolute atomic E-state index is 12.7. The number of alkyl halides is 3. The highest BCUT2D eigenvalue weighted by atomic mass is 19.4. The van der Waals surface area contributed by atoms with Crippen LogP contribution in [0.2, 0.25) is 0 Å². The highest BCUT2D eigenvalue weighted by molar-refractivity contribution is 5.75. The monoisotopic (exact) mass is 285 g/mol. The Morgan fingerprint density at radius 1 is 1.40 bits per heavy atom. The normalized spacial score (nSPS) is 11.1. The van der Waals surface area contributed by atoms with Crippen LogP contribution in [-0.4, -0.2) is 19.0 Å². The molecule has 3 N–H and O–H groups in total. The van der Waals surface area contributed by atoms with E-state index in [-0.39, 0.29) is 12.1 Å². The van der Waals surface area contributed by atoms with Gasteiger partial charge in [-0.25, -0.2) is 0 Å². The lowest BCUT2D eigenvalue weighted by Gasteiger charge is -2.11. The van der Waals surface area contributed by atoms with Gasteiger partial charge in [-0.05, 0) is 37.1 Å². The number of aryl methyl sites for hydroxylation is 1. The molecule has 0 radical (unpaired) electrons. The lowest BCUT2D eigenvalue weighted by molar-refractivity contribution is -0.137. The van der Waals surface area contributed by atoms with Crippen LogP contribution < -0.4 is 11.1 Å². The first kappa shape index (κ1) is 16.0. The molecular formula is C13H14F3N3O. The maximum Gasteiger partial charge on any atom is 0.417 e. The Morgan fingerprint density at radius 2 is 2.10 bits per heavy atom. The number of hydrogen-bond acceptors (Lipinski definition) is 3. The number of nitrogens with one attached hydrogen (secondary N) is 1. The van der Waals surface area contributed by atoms with E-state index in [4.69, 9.17) is 11.0 Å². The first-order valence-electron chi connectivity index (χ1n) is 5.94. The number of rotatable bonds is 6. The highest BCUT2D eigenvalue weighted by Crippen LogP contribution is 2.32. The predicted molar refractivity (Wildman–Crippen MR) is 66.5 cm³/mol. The first-order chi connectivity index (χ1) is 9.34. The van der Waals surface area contributed by atoms with Crippen LogP contribution in [0.1, 0.15) is 23.1 Å². The average molecular weight is 285 g/mol. The van der Waals surface area contributed by atoms with E-state index < -0.39 is 17.6 Å². The fourth-order valence-corrected chi connectivity index (χ4v) is 1.71. The third-order valence-electron chi connectivity index (χ3n) is 2.63. The Kier molecular flexibility index (Phi) is 5.53. The minimum absolute atomic E-state index is 0.0428. The van der Waals surface area contributed by atoms with Gasteiger partial charge >= 0.3 is 6.18 Å². The summed E-state index contributed by atoms with van der Waals surface area (Å²) in [6.07, 6.45) is -3.55. The molecule has 0 heterocycles. The lowest BCUT2D eigenvalue weighted by atomic mass is 10.0. The van der Waals surface area contributed by atoms with E-state index in [1.807, 2.05) is 0 Å². The summed E-state index contributed by atoms with van der Waals surface area (Å²) in [7, 11) is 0. The van der Waals surface area contributed by atoms with Crippen molar-refractivity contribution in [3.8, 4) is 6.07 Å². The fraction of sp³-hybridized carbons (Fsp3) is 0.385. The zero-order chi connectivity index (χ0) is 15.2. The summed E-state index contributed by atoms with van der Waals surface area (Å²) in [6, 6.07) is 5.20. The Morgan fingerprint density at radius 3 is 2.65 bits per heavy atom. The van der Waals surface area contributed by atoms with Crippen LogP contribution in [0.15, 0.2) is 18.2 Å². The molecule has 1 aromatic rings. The number of nitriles is 1. The van der Waals surface area contributed by atoms with Crippen molar-refractivity contribution in [3.63, 3.8) is 0 Å². The van der Waals surface area contributed by atoms with Gasteiger partial charge in [0, 0.05) is 0 Å². The molecule has 0 aliphatic carbocycles. The number of halogens is 3. The number of primary amides is 1. The second-order valence-corrected chi connectivity index (χ2v) is 4.24. The van der Waals surface area contributed by atoms with E-state index in [9.17, 15) is 18.0 Å². The number of amides is 1. The largest absolute Gasteiger partial charge is 0.417 e. The van der Waals surface area contributed by atoms with Gasteiger partial charge in [0.1, 0.15) is 0 Å². The summed E-state index contributed by atoms with van der Waals surface area (Å²) in [5.41, 5.74) is 4.13. The van der Waals surface area contributed by atoms with Crippen LogP contribution in [0.3, 0.4) is 0 Å². The summed E-state index contributed by atoms with van der Waals surface area (Å²) in [5.74, 6) is -0.484. The number of carbonyl (C=O) groups excluding carboxylic acids is 1. The van der Waals surface area contributed by atoms with Crippen molar-refractivity contribution in [1.82, 2.24) is 5.32 Å². The van der Waals surface area contributed by atoms with E-state index in [1.165, 1.54) is 18.2 Å². The average Bonchev–Trinajstić information content (AvgIpc) is 2.36. The standard InChI is InChI=1S/C13H14F3N3O/c14-13(15,16)11-6-9(3-4-10(11)7-17)2-1-5-19-8-12(18)20/h3-4,6,19H,1-2,5,8H2,(H2,18,20). The predicted octanol–water partition coefficient (Wildman–Crippen LogP) is 1.58. The third-order valence-corrected chi connectivity index (χ3v) is 2.63. The molecule has 1 rings (SSSR count). The molecule has 0 aliphatic rings. The Balaban J connectivity index is 2.64. The third kappa shape index (κ3) is 4.90. The van der Waals surface area contributed by atoms with Gasteiger partial charge in [0.05, 0.1) is 23.7 Å². The minimum atomic E-state index is -4.54. The van der Waals surface area contributed by atoms with Crippen molar-refractivity contribution in [2.75, 3.05) is 13.1 Å². The number of benzene rings is 1. The van der Waals surface area contributed by atoms with Crippen molar-refractivity contribution < 1.29 is 18.0 Å². The molecule has 0 aromatic heterocycles. The van der Waals surface area contributed by atoms with Gasteiger partial charge < -0.3 is 11.1 Å². The smallest absolute Gasteiger partial charge is 0.369 e. The molecule has 0 fully saturated rings. The lowest BCUT2D eigenvalue weighted by Crippen LogP contribution is -2.29. The Labute approximate surface area is 114 Å². The summed E-state index contributed by atoms with van der Waals surface area (Å²) in [6.45, 7) is 0.519. The van der Waals surface area contributed by atoms with Gasteiger partial charge in [-0.1, -0.05) is 6.07 Å². The van der Waals surface area contributed by atoms with Crippen molar-refractivity contribution in [1.29, 1.82) is 5.26 Å². The van der Waals surface area contributed by atoms with Crippen LogP contribution in [0.5, 0.6) is 0 Å². The second-order valence-electron chi connectivity index (χ2n) is 4.24. The summed E-state index contributed by atoms with van der Waals surface area (Å²) in [4.78, 5) is 10.5. The van der Waals surface area contributed by atoms with Crippen LogP contribution >= 0.6 is 0 Å². The zero-order valence-corrected chi connectivity index (χ0v) is 10.6. The molecule has 1 aromatic carbocycles. The van der Waals surface area contributed by atoms with Crippen molar-refractivity contribution in [3.05, 3.63) is 34.9 Å². The van der Waals surface area contributed by atoms with Crippen LogP contribution in [0.4, 0.5) is 13.2 Å². The van der Waals surface area contributed by atoms with Crippen molar-refractivity contribution >= 4 is 5.91 Å². The topological polar surface area (TPSA) is 78.9 Å². The quantitative estimate of drug-likeness (QED) is 0.779. The maximum atomic E-state index is 12.7. The molecule has 4 nitrogen and oxygen atoms in total. The fourth-order valence-electron chi connectivity index (χ4n) is 1.71. The minimum Gasteiger partial charge on any atom is -0.369 e. The van der Waals surface area contributed by atoms with Gasteiger partial charge in [-0.15, -0.1) is 0 Å². The van der Waals surface area contributed by atoms with Gasteiger partial charge in [0.15, 0.2) is 0 Å². The van der Waals surface area contributed by atoms with E-state index in [0.717, 1.165) is 6.07 Å². The Bertz CT molecular complexity index is 521. The first-order valence-corrected chi connectivity index (χ1v) is 5.94. The van der Waals surface area contributed by atoms with E-state index in [2.05, 4.69) is 5.32 Å². The van der Waals surface area contributed by atoms with Crippen molar-refractivity contribution in [2.45, 2.75) is 19.0 Å². The number of hydrogen-bond donors (Lipinski definition) is 2. The van der Waals surface area contributed by atoms with Crippen molar-refractivity contribution in [2.24, 2.45) is 5.73 Å². The molecule has 0 bridgehead atoms. The number of nitrogens with two attached hydrogens (primary N) is 1. The van der Waals surface area contributed by atoms with Crippen LogP contribution in [-0.2, 0) is 17.4 Å². The molecular weight excluding hydrogens is 271 g/mol. The van der Waals surface area contributed by atoms with Gasteiger partial charge in [-0.3, -0.25) is 4.79 Å². The van der Waals surface area contributed by atoms with Crippen LogP contribution in [0.25, 0.3) is 0 Å². The molecule has 0 atom stereocenters. The SMILES string of the molecule is N#Cc1ccc(CCCNCC(N)=O)cc1C(F)(F)F. The Hall–Kier alpha value is -2.07. The number of carbonyl (C=O) groups is 1. The highest BCUT2D eigenvalue weighted by Gasteiger charge is 2.33. The van der Waals surface area contributed by atoms with E-state index in [0.29, 0.717) is 24.9 Å². The van der Waals surface area contributed by atoms with Gasteiger partial charge in [-0.2, -0.15) is 18.4 Å².